The number of carbonyl (C=O) groups is 2. The standard InChI is InChI=1S/C20H25N3O2S.ClH/c1-14-6-8-16(9-7-14)19(24)23-17-5-3-4-15(12-17)13-22-20(25)18(21)10-11-26-2;/h3-9,12,18H,10-11,13,21H2,1-2H3,(H,22,25)(H,23,24);1H/t18-;/m0./s1. The van der Waals surface area contributed by atoms with E-state index >= 15 is 0 Å². The fourth-order valence-electron chi connectivity index (χ4n) is 2.36. The molecule has 2 rings (SSSR count). The first-order chi connectivity index (χ1) is 12.5. The first-order valence-corrected chi connectivity index (χ1v) is 9.88. The van der Waals surface area contributed by atoms with E-state index in [-0.39, 0.29) is 24.2 Å². The molecule has 5 nitrogen and oxygen atoms in total. The summed E-state index contributed by atoms with van der Waals surface area (Å²) in [5.41, 5.74) is 9.16. The van der Waals surface area contributed by atoms with Gasteiger partial charge in [0.25, 0.3) is 5.91 Å². The lowest BCUT2D eigenvalue weighted by atomic mass is 10.1. The van der Waals surface area contributed by atoms with Gasteiger partial charge in [0.15, 0.2) is 0 Å². The van der Waals surface area contributed by atoms with Crippen LogP contribution < -0.4 is 16.4 Å². The molecule has 0 aliphatic rings. The van der Waals surface area contributed by atoms with Crippen molar-refractivity contribution in [2.75, 3.05) is 17.3 Å². The molecule has 146 valence electrons. The second-order valence-corrected chi connectivity index (χ2v) is 7.11. The summed E-state index contributed by atoms with van der Waals surface area (Å²) in [6.07, 6.45) is 2.64. The molecule has 0 aliphatic heterocycles. The summed E-state index contributed by atoms with van der Waals surface area (Å²) in [5, 5.41) is 5.72. The second kappa shape index (κ2) is 11.6. The maximum absolute atomic E-state index is 12.3. The summed E-state index contributed by atoms with van der Waals surface area (Å²) in [6, 6.07) is 14.3. The average Bonchev–Trinajstić information content (AvgIpc) is 2.65. The predicted octanol–water partition coefficient (Wildman–Crippen LogP) is 3.37. The molecule has 0 radical (unpaired) electrons. The van der Waals surface area contributed by atoms with Crippen LogP contribution in [0.4, 0.5) is 5.69 Å². The molecular weight excluding hydrogens is 382 g/mol. The van der Waals surface area contributed by atoms with Gasteiger partial charge >= 0.3 is 0 Å². The second-order valence-electron chi connectivity index (χ2n) is 6.13. The van der Waals surface area contributed by atoms with Crippen molar-refractivity contribution in [3.8, 4) is 0 Å². The van der Waals surface area contributed by atoms with E-state index in [4.69, 9.17) is 5.73 Å². The largest absolute Gasteiger partial charge is 0.351 e. The minimum atomic E-state index is -0.494. The van der Waals surface area contributed by atoms with Crippen LogP contribution >= 0.6 is 24.2 Å². The number of carbonyl (C=O) groups excluding carboxylic acids is 2. The summed E-state index contributed by atoms with van der Waals surface area (Å²) in [6.45, 7) is 2.35. The average molecular weight is 408 g/mol. The highest BCUT2D eigenvalue weighted by Crippen LogP contribution is 2.13. The van der Waals surface area contributed by atoms with E-state index < -0.39 is 6.04 Å². The van der Waals surface area contributed by atoms with Gasteiger partial charge in [-0.05, 0) is 55.2 Å². The third-order valence-corrected chi connectivity index (χ3v) is 4.58. The Morgan fingerprint density at radius 1 is 1.15 bits per heavy atom. The fraction of sp³-hybridized carbons (Fsp3) is 0.300. The van der Waals surface area contributed by atoms with Crippen LogP contribution in [0.1, 0.15) is 27.9 Å². The maximum Gasteiger partial charge on any atom is 0.255 e. The fourth-order valence-corrected chi connectivity index (χ4v) is 2.85. The van der Waals surface area contributed by atoms with Crippen molar-refractivity contribution >= 4 is 41.7 Å². The molecule has 0 aliphatic carbocycles. The first-order valence-electron chi connectivity index (χ1n) is 8.49. The topological polar surface area (TPSA) is 84.2 Å². The van der Waals surface area contributed by atoms with Crippen LogP contribution in [0.15, 0.2) is 48.5 Å². The van der Waals surface area contributed by atoms with E-state index in [1.807, 2.05) is 49.6 Å². The molecule has 0 saturated heterocycles. The van der Waals surface area contributed by atoms with Crippen molar-refractivity contribution in [1.29, 1.82) is 0 Å². The summed E-state index contributed by atoms with van der Waals surface area (Å²) in [5.74, 6) is 0.535. The van der Waals surface area contributed by atoms with Gasteiger partial charge < -0.3 is 16.4 Å². The van der Waals surface area contributed by atoms with Crippen LogP contribution in [0.3, 0.4) is 0 Å². The molecule has 7 heteroatoms. The molecular formula is C20H26ClN3O2S. The van der Waals surface area contributed by atoms with Gasteiger partial charge in [-0.1, -0.05) is 29.8 Å². The van der Waals surface area contributed by atoms with Crippen molar-refractivity contribution in [1.82, 2.24) is 5.32 Å². The zero-order valence-electron chi connectivity index (χ0n) is 15.5. The lowest BCUT2D eigenvalue weighted by Crippen LogP contribution is -2.40. The molecule has 0 unspecified atom stereocenters. The normalized spacial score (nSPS) is 11.2. The van der Waals surface area contributed by atoms with Crippen molar-refractivity contribution in [2.24, 2.45) is 5.73 Å². The summed E-state index contributed by atoms with van der Waals surface area (Å²) in [4.78, 5) is 24.3. The Bertz CT molecular complexity index is 753. The molecule has 0 heterocycles. The minimum absolute atomic E-state index is 0. The Hall–Kier alpha value is -2.02. The highest BCUT2D eigenvalue weighted by Gasteiger charge is 2.12. The number of halogens is 1. The first kappa shape index (κ1) is 23.0. The van der Waals surface area contributed by atoms with Gasteiger partial charge in [0.05, 0.1) is 6.04 Å². The number of thioether (sulfide) groups is 1. The summed E-state index contributed by atoms with van der Waals surface area (Å²) in [7, 11) is 0. The monoisotopic (exact) mass is 407 g/mol. The molecule has 0 bridgehead atoms. The van der Waals surface area contributed by atoms with Gasteiger partial charge in [0, 0.05) is 17.8 Å². The van der Waals surface area contributed by atoms with Crippen LogP contribution in [0.5, 0.6) is 0 Å². The molecule has 2 aromatic carbocycles. The minimum Gasteiger partial charge on any atom is -0.351 e. The zero-order valence-corrected chi connectivity index (χ0v) is 17.2. The van der Waals surface area contributed by atoms with E-state index in [0.29, 0.717) is 24.2 Å². The molecule has 0 spiro atoms. The molecule has 4 N–H and O–H groups in total. The molecule has 0 saturated carbocycles. The number of nitrogens with two attached hydrogens (primary N) is 1. The van der Waals surface area contributed by atoms with E-state index in [1.165, 1.54) is 0 Å². The van der Waals surface area contributed by atoms with Gasteiger partial charge in [-0.2, -0.15) is 11.8 Å². The van der Waals surface area contributed by atoms with Crippen LogP contribution in [0.2, 0.25) is 0 Å². The van der Waals surface area contributed by atoms with E-state index in [0.717, 1.165) is 16.9 Å². The molecule has 2 aromatic rings. The van der Waals surface area contributed by atoms with E-state index in [9.17, 15) is 9.59 Å². The maximum atomic E-state index is 12.3. The number of anilines is 1. The van der Waals surface area contributed by atoms with E-state index in [1.54, 1.807) is 23.9 Å². The van der Waals surface area contributed by atoms with Crippen molar-refractivity contribution in [3.63, 3.8) is 0 Å². The Balaban J connectivity index is 0.00000364. The summed E-state index contributed by atoms with van der Waals surface area (Å²) >= 11 is 1.67. The Morgan fingerprint density at radius 3 is 2.52 bits per heavy atom. The lowest BCUT2D eigenvalue weighted by Gasteiger charge is -2.12. The highest BCUT2D eigenvalue weighted by molar-refractivity contribution is 7.98. The quantitative estimate of drug-likeness (QED) is 0.626. The van der Waals surface area contributed by atoms with Crippen molar-refractivity contribution < 1.29 is 9.59 Å². The van der Waals surface area contributed by atoms with Gasteiger partial charge in [0.2, 0.25) is 5.91 Å². The molecule has 0 fully saturated rings. The van der Waals surface area contributed by atoms with Crippen LogP contribution in [-0.4, -0.2) is 29.9 Å². The number of aryl methyl sites for hydroxylation is 1. The zero-order chi connectivity index (χ0) is 18.9. The van der Waals surface area contributed by atoms with Crippen LogP contribution in [0, 0.1) is 6.92 Å². The van der Waals surface area contributed by atoms with Crippen LogP contribution in [-0.2, 0) is 11.3 Å². The lowest BCUT2D eigenvalue weighted by molar-refractivity contribution is -0.122. The Labute approximate surface area is 170 Å². The number of hydrogen-bond donors (Lipinski definition) is 3. The number of benzene rings is 2. The van der Waals surface area contributed by atoms with Gasteiger partial charge in [0.1, 0.15) is 0 Å². The molecule has 27 heavy (non-hydrogen) atoms. The van der Waals surface area contributed by atoms with E-state index in [2.05, 4.69) is 10.6 Å². The van der Waals surface area contributed by atoms with Gasteiger partial charge in [-0.3, -0.25) is 9.59 Å². The Kier molecular flexibility index (Phi) is 9.93. The molecule has 1 atom stereocenters. The van der Waals surface area contributed by atoms with Gasteiger partial charge in [-0.25, -0.2) is 0 Å². The molecule has 0 aromatic heterocycles. The third-order valence-electron chi connectivity index (χ3n) is 3.94. The predicted molar refractivity (Wildman–Crippen MR) is 116 cm³/mol. The van der Waals surface area contributed by atoms with Crippen molar-refractivity contribution in [3.05, 3.63) is 65.2 Å². The Morgan fingerprint density at radius 2 is 1.85 bits per heavy atom. The number of hydrogen-bond acceptors (Lipinski definition) is 4. The van der Waals surface area contributed by atoms with Crippen molar-refractivity contribution in [2.45, 2.75) is 25.9 Å². The highest BCUT2D eigenvalue weighted by atomic mass is 35.5. The number of rotatable bonds is 8. The summed E-state index contributed by atoms with van der Waals surface area (Å²) < 4.78 is 0. The molecule has 2 amide bonds. The van der Waals surface area contributed by atoms with Crippen LogP contribution in [0.25, 0.3) is 0 Å². The number of nitrogens with one attached hydrogen (secondary N) is 2. The smallest absolute Gasteiger partial charge is 0.255 e. The third kappa shape index (κ3) is 7.62. The SMILES string of the molecule is CSCC[C@H](N)C(=O)NCc1cccc(NC(=O)c2ccc(C)cc2)c1.Cl. The van der Waals surface area contributed by atoms with Gasteiger partial charge in [-0.15, -0.1) is 12.4 Å². The number of amides is 2.